The van der Waals surface area contributed by atoms with Crippen molar-refractivity contribution in [3.63, 3.8) is 0 Å². The molecule has 0 spiro atoms. The van der Waals surface area contributed by atoms with E-state index in [1.165, 1.54) is 19.3 Å². The van der Waals surface area contributed by atoms with E-state index in [2.05, 4.69) is 60.7 Å². The van der Waals surface area contributed by atoms with Gasteiger partial charge < -0.3 is 0 Å². The first-order valence-corrected chi connectivity index (χ1v) is 11.5. The Morgan fingerprint density at radius 1 is 1.10 bits per heavy atom. The summed E-state index contributed by atoms with van der Waals surface area (Å²) in [4.78, 5) is 0. The van der Waals surface area contributed by atoms with E-state index in [1.54, 1.807) is 38.3 Å². The van der Waals surface area contributed by atoms with Crippen molar-refractivity contribution >= 4 is 8.07 Å². The van der Waals surface area contributed by atoms with Gasteiger partial charge in [0.1, 0.15) is 8.07 Å². The van der Waals surface area contributed by atoms with Crippen molar-refractivity contribution in [1.29, 1.82) is 0 Å². The van der Waals surface area contributed by atoms with Crippen molar-refractivity contribution in [3.8, 4) is 0 Å². The average Bonchev–Trinajstić information content (AvgIpc) is 2.86. The zero-order valence-corrected chi connectivity index (χ0v) is 16.3. The fraction of sp³-hybridized carbons (Fsp3) is 0.600. The van der Waals surface area contributed by atoms with Crippen LogP contribution in [0.5, 0.6) is 0 Å². The van der Waals surface area contributed by atoms with Gasteiger partial charge in [-0.1, -0.05) is 72.1 Å². The van der Waals surface area contributed by atoms with Gasteiger partial charge in [0.05, 0.1) is 0 Å². The van der Waals surface area contributed by atoms with E-state index in [0.717, 1.165) is 0 Å². The van der Waals surface area contributed by atoms with Gasteiger partial charge >= 0.3 is 0 Å². The molecule has 0 amide bonds. The highest BCUT2D eigenvalue weighted by molar-refractivity contribution is 6.91. The van der Waals surface area contributed by atoms with Crippen molar-refractivity contribution in [2.45, 2.75) is 73.9 Å². The van der Waals surface area contributed by atoms with Crippen LogP contribution in [0.3, 0.4) is 0 Å². The third-order valence-corrected chi connectivity index (χ3v) is 10.0. The highest BCUT2D eigenvalue weighted by Crippen LogP contribution is 2.47. The molecule has 0 bridgehead atoms. The zero-order chi connectivity index (χ0) is 15.9. The molecule has 0 aliphatic heterocycles. The molecule has 1 unspecified atom stereocenters. The van der Waals surface area contributed by atoms with Crippen molar-refractivity contribution < 1.29 is 0 Å². The van der Waals surface area contributed by atoms with Gasteiger partial charge in [0, 0.05) is 0 Å². The minimum atomic E-state index is -1.56. The van der Waals surface area contributed by atoms with Gasteiger partial charge in [0.2, 0.25) is 0 Å². The van der Waals surface area contributed by atoms with Crippen molar-refractivity contribution in [2.24, 2.45) is 5.92 Å². The van der Waals surface area contributed by atoms with Crippen LogP contribution in [0.4, 0.5) is 0 Å². The average molecular weight is 301 g/mol. The van der Waals surface area contributed by atoms with Gasteiger partial charge in [-0.25, -0.2) is 0 Å². The predicted molar refractivity (Wildman–Crippen MR) is 98.0 cm³/mol. The summed E-state index contributed by atoms with van der Waals surface area (Å²) in [5.74, 6) is 0.649. The second kappa shape index (κ2) is 5.76. The molecular weight excluding hydrogens is 268 g/mol. The first-order chi connectivity index (χ1) is 9.73. The third kappa shape index (κ3) is 2.54. The largest absolute Gasteiger partial charge is 0.108 e. The van der Waals surface area contributed by atoms with Gasteiger partial charge in [0.15, 0.2) is 0 Å². The topological polar surface area (TPSA) is 0 Å². The molecule has 1 atom stereocenters. The standard InChI is InChI=1S/C20H32Si/c1-9-10-18-12-11-13(2)19(18)21(7,8)20-16(5)14(3)15(4)17(20)6/h11,16H,9-10,12H2,1-8H3. The van der Waals surface area contributed by atoms with E-state index < -0.39 is 8.07 Å². The summed E-state index contributed by atoms with van der Waals surface area (Å²) >= 11 is 0. The normalized spacial score (nSPS) is 23.6. The fourth-order valence-electron chi connectivity index (χ4n) is 4.73. The van der Waals surface area contributed by atoms with Crippen LogP contribution in [0, 0.1) is 5.92 Å². The Hall–Kier alpha value is -0.823. The number of allylic oxidation sites excluding steroid dienone is 8. The monoisotopic (exact) mass is 300 g/mol. The summed E-state index contributed by atoms with van der Waals surface area (Å²) in [6, 6.07) is 0. The molecule has 0 nitrogen and oxygen atoms in total. The van der Waals surface area contributed by atoms with Crippen LogP contribution < -0.4 is 0 Å². The van der Waals surface area contributed by atoms with Crippen LogP contribution in [0.1, 0.15) is 60.8 Å². The molecule has 0 N–H and O–H groups in total. The van der Waals surface area contributed by atoms with E-state index in [1.807, 2.05) is 0 Å². The Labute approximate surface area is 132 Å². The maximum Gasteiger partial charge on any atom is 0.108 e. The van der Waals surface area contributed by atoms with Crippen LogP contribution in [0.2, 0.25) is 13.1 Å². The highest BCUT2D eigenvalue weighted by atomic mass is 28.3. The lowest BCUT2D eigenvalue weighted by Crippen LogP contribution is -2.36. The van der Waals surface area contributed by atoms with Gasteiger partial charge in [-0.15, -0.1) is 0 Å². The van der Waals surface area contributed by atoms with E-state index in [4.69, 9.17) is 0 Å². The third-order valence-electron chi connectivity index (χ3n) is 5.89. The van der Waals surface area contributed by atoms with Gasteiger partial charge in [-0.2, -0.15) is 0 Å². The van der Waals surface area contributed by atoms with E-state index >= 15 is 0 Å². The second-order valence-corrected chi connectivity index (χ2v) is 11.8. The minimum absolute atomic E-state index is 0.649. The molecule has 0 fully saturated rings. The molecular formula is C20H32Si. The molecule has 0 saturated carbocycles. The minimum Gasteiger partial charge on any atom is -0.0776 e. The maximum atomic E-state index is 2.59. The van der Waals surface area contributed by atoms with Crippen LogP contribution in [-0.2, 0) is 0 Å². The first-order valence-electron chi connectivity index (χ1n) is 8.52. The molecule has 116 valence electrons. The van der Waals surface area contributed by atoms with E-state index in [9.17, 15) is 0 Å². The van der Waals surface area contributed by atoms with Crippen LogP contribution in [0.25, 0.3) is 0 Å². The Kier molecular flexibility index (Phi) is 4.54. The Morgan fingerprint density at radius 3 is 2.19 bits per heavy atom. The lowest BCUT2D eigenvalue weighted by Gasteiger charge is -2.33. The predicted octanol–water partition coefficient (Wildman–Crippen LogP) is 6.52. The van der Waals surface area contributed by atoms with Crippen molar-refractivity contribution in [2.75, 3.05) is 0 Å². The molecule has 0 heterocycles. The van der Waals surface area contributed by atoms with Crippen molar-refractivity contribution in [1.82, 2.24) is 0 Å². The van der Waals surface area contributed by atoms with E-state index in [-0.39, 0.29) is 0 Å². The summed E-state index contributed by atoms with van der Waals surface area (Å²) in [6.07, 6.45) is 6.23. The highest BCUT2D eigenvalue weighted by Gasteiger charge is 2.41. The Balaban J connectivity index is 2.53. The quantitative estimate of drug-likeness (QED) is 0.518. The van der Waals surface area contributed by atoms with Crippen LogP contribution >= 0.6 is 0 Å². The van der Waals surface area contributed by atoms with Gasteiger partial charge in [-0.05, 0) is 52.0 Å². The summed E-state index contributed by atoms with van der Waals surface area (Å²) in [6.45, 7) is 19.3. The molecule has 0 aromatic rings. The molecule has 21 heavy (non-hydrogen) atoms. The molecule has 2 aliphatic rings. The van der Waals surface area contributed by atoms with Gasteiger partial charge in [0.25, 0.3) is 0 Å². The smallest absolute Gasteiger partial charge is 0.0776 e. The molecule has 0 radical (unpaired) electrons. The SMILES string of the molecule is CCCC1=C([Si](C)(C)C2=C(C)C(C)=C(C)C2C)C(C)=CC1. The fourth-order valence-corrected chi connectivity index (χ4v) is 9.62. The Morgan fingerprint density at radius 2 is 1.71 bits per heavy atom. The number of hydrogen-bond donors (Lipinski definition) is 0. The zero-order valence-electron chi connectivity index (χ0n) is 15.3. The lowest BCUT2D eigenvalue weighted by atomic mass is 10.1. The van der Waals surface area contributed by atoms with E-state index in [0.29, 0.717) is 5.92 Å². The van der Waals surface area contributed by atoms with Crippen LogP contribution in [0.15, 0.2) is 44.3 Å². The number of rotatable bonds is 4. The summed E-state index contributed by atoms with van der Waals surface area (Å²) in [5, 5.41) is 3.56. The second-order valence-electron chi connectivity index (χ2n) is 7.51. The molecule has 0 saturated heterocycles. The number of hydrogen-bond acceptors (Lipinski definition) is 0. The van der Waals surface area contributed by atoms with Crippen molar-refractivity contribution in [3.05, 3.63) is 44.3 Å². The van der Waals surface area contributed by atoms with Gasteiger partial charge in [-0.3, -0.25) is 0 Å². The summed E-state index contributed by atoms with van der Waals surface area (Å²) < 4.78 is 0. The Bertz CT molecular complexity index is 579. The molecule has 2 aliphatic carbocycles. The molecule has 2 rings (SSSR count). The molecule has 1 heteroatoms. The van der Waals surface area contributed by atoms with Crippen LogP contribution in [-0.4, -0.2) is 8.07 Å². The molecule has 0 aromatic carbocycles. The first kappa shape index (κ1) is 16.5. The maximum absolute atomic E-state index is 2.59. The molecule has 0 aromatic heterocycles. The lowest BCUT2D eigenvalue weighted by molar-refractivity contribution is 0.846. The summed E-state index contributed by atoms with van der Waals surface area (Å²) in [5.41, 5.74) is 8.06. The summed E-state index contributed by atoms with van der Waals surface area (Å²) in [7, 11) is -1.56.